The van der Waals surface area contributed by atoms with Crippen molar-refractivity contribution in [1.82, 2.24) is 14.1 Å². The van der Waals surface area contributed by atoms with Gasteiger partial charge in [0.25, 0.3) is 0 Å². The van der Waals surface area contributed by atoms with Crippen molar-refractivity contribution in [2.75, 3.05) is 5.32 Å². The molecule has 0 spiro atoms. The van der Waals surface area contributed by atoms with Crippen LogP contribution < -0.4 is 5.32 Å². The third-order valence-corrected chi connectivity index (χ3v) is 6.88. The van der Waals surface area contributed by atoms with Gasteiger partial charge in [-0.2, -0.15) is 0 Å². The second-order valence-electron chi connectivity index (χ2n) is 8.02. The van der Waals surface area contributed by atoms with E-state index in [-0.39, 0.29) is 6.17 Å². The van der Waals surface area contributed by atoms with Gasteiger partial charge >= 0.3 is 0 Å². The quantitative estimate of drug-likeness (QED) is 0.266. The van der Waals surface area contributed by atoms with Gasteiger partial charge in [0.15, 0.2) is 0 Å². The predicted molar refractivity (Wildman–Crippen MR) is 135 cm³/mol. The van der Waals surface area contributed by atoms with E-state index in [0.29, 0.717) is 0 Å². The van der Waals surface area contributed by atoms with Gasteiger partial charge in [0, 0.05) is 37.5 Å². The molecular weight excluding hydrogens is 495 g/mol. The molecule has 4 nitrogen and oxygen atoms in total. The number of hydrogen-bond donors (Lipinski definition) is 1. The Morgan fingerprint density at radius 1 is 0.903 bits per heavy atom. The number of para-hydroxylation sites is 3. The largest absolute Gasteiger partial charge is 0.360 e. The number of benzene rings is 3. The van der Waals surface area contributed by atoms with Crippen LogP contribution in [0.3, 0.4) is 0 Å². The van der Waals surface area contributed by atoms with Crippen molar-refractivity contribution in [2.45, 2.75) is 20.0 Å². The summed E-state index contributed by atoms with van der Waals surface area (Å²) < 4.78 is 5.92. The number of hydrogen-bond acceptors (Lipinski definition) is 2. The number of rotatable bonds is 2. The van der Waals surface area contributed by atoms with Crippen molar-refractivity contribution < 1.29 is 0 Å². The first-order chi connectivity index (χ1) is 15.1. The lowest BCUT2D eigenvalue weighted by Gasteiger charge is -2.30. The Morgan fingerprint density at radius 3 is 2.48 bits per heavy atom. The lowest BCUT2D eigenvalue weighted by atomic mass is 10.1. The zero-order chi connectivity index (χ0) is 21.1. The van der Waals surface area contributed by atoms with Gasteiger partial charge < -0.3 is 9.88 Å². The Kier molecular flexibility index (Phi) is 4.21. The van der Waals surface area contributed by atoms with Gasteiger partial charge in [0.05, 0.1) is 11.0 Å². The van der Waals surface area contributed by atoms with E-state index < -0.39 is 0 Å². The molecule has 3 aromatic carbocycles. The molecular formula is C26H21IN4. The molecule has 2 aromatic heterocycles. The smallest absolute Gasteiger partial charge is 0.145 e. The third kappa shape index (κ3) is 2.83. The summed E-state index contributed by atoms with van der Waals surface area (Å²) in [6.45, 7) is 4.39. The number of nitrogens with zero attached hydrogens (tertiary/aromatic N) is 3. The Hall–Kier alpha value is -3.06. The molecule has 0 saturated carbocycles. The highest BCUT2D eigenvalue weighted by Crippen LogP contribution is 2.41. The molecule has 3 heterocycles. The van der Waals surface area contributed by atoms with Crippen molar-refractivity contribution in [3.63, 3.8) is 0 Å². The maximum Gasteiger partial charge on any atom is 0.145 e. The number of nitrogens with one attached hydrogen (secondary N) is 1. The highest BCUT2D eigenvalue weighted by molar-refractivity contribution is 14.1. The molecule has 1 N–H and O–H groups in total. The number of aryl methyl sites for hydroxylation is 1. The lowest BCUT2D eigenvalue weighted by Crippen LogP contribution is -2.25. The van der Waals surface area contributed by atoms with Gasteiger partial charge in [-0.05, 0) is 91.0 Å². The van der Waals surface area contributed by atoms with E-state index in [1.807, 2.05) is 0 Å². The van der Waals surface area contributed by atoms with Crippen LogP contribution in [-0.4, -0.2) is 14.1 Å². The van der Waals surface area contributed by atoms with Crippen molar-refractivity contribution in [2.24, 2.45) is 0 Å². The molecule has 0 aliphatic carbocycles. The standard InChI is InChI=1S/C26H21IN4/c1-16-15-21(17(2)30(16)19-13-11-18(27)12-14-19)26-28-22-8-4-3-7-20(22)25-29-23-9-5-6-10-24(23)31(25)26/h3-15,26,28H,1-2H3. The number of fused-ring (bicyclic) bond motifs is 5. The summed E-state index contributed by atoms with van der Waals surface area (Å²) in [6, 6.07) is 27.8. The van der Waals surface area contributed by atoms with E-state index in [9.17, 15) is 0 Å². The molecule has 152 valence electrons. The summed E-state index contributed by atoms with van der Waals surface area (Å²) in [5.41, 5.74) is 9.33. The van der Waals surface area contributed by atoms with Crippen molar-refractivity contribution in [3.8, 4) is 17.1 Å². The summed E-state index contributed by atoms with van der Waals surface area (Å²) in [5, 5.41) is 3.80. The zero-order valence-corrected chi connectivity index (χ0v) is 19.5. The number of imidazole rings is 1. The van der Waals surface area contributed by atoms with Crippen LogP contribution in [-0.2, 0) is 0 Å². The summed E-state index contributed by atoms with van der Waals surface area (Å²) >= 11 is 2.35. The first-order valence-corrected chi connectivity index (χ1v) is 11.5. The lowest BCUT2D eigenvalue weighted by molar-refractivity contribution is 0.663. The number of halogens is 1. The van der Waals surface area contributed by atoms with Crippen LogP contribution in [0.2, 0.25) is 0 Å². The molecule has 5 aromatic rings. The predicted octanol–water partition coefficient (Wildman–Crippen LogP) is 6.69. The molecule has 0 radical (unpaired) electrons. The maximum absolute atomic E-state index is 5.01. The van der Waals surface area contributed by atoms with E-state index >= 15 is 0 Å². The minimum atomic E-state index is -0.0268. The van der Waals surface area contributed by atoms with Gasteiger partial charge in [0.1, 0.15) is 12.0 Å². The molecule has 0 fully saturated rings. The monoisotopic (exact) mass is 516 g/mol. The topological polar surface area (TPSA) is 34.8 Å². The molecule has 1 aliphatic heterocycles. The molecule has 1 unspecified atom stereocenters. The van der Waals surface area contributed by atoms with Gasteiger partial charge in [-0.25, -0.2) is 4.98 Å². The summed E-state index contributed by atoms with van der Waals surface area (Å²) in [5.74, 6) is 1.01. The maximum atomic E-state index is 5.01. The van der Waals surface area contributed by atoms with E-state index in [1.54, 1.807) is 0 Å². The molecule has 0 saturated heterocycles. The van der Waals surface area contributed by atoms with E-state index in [4.69, 9.17) is 4.98 Å². The fourth-order valence-corrected chi connectivity index (χ4v) is 5.14. The van der Waals surface area contributed by atoms with Gasteiger partial charge in [0.2, 0.25) is 0 Å². The first kappa shape index (κ1) is 18.7. The minimum absolute atomic E-state index is 0.0268. The van der Waals surface area contributed by atoms with Crippen LogP contribution in [0.15, 0.2) is 78.9 Å². The van der Waals surface area contributed by atoms with Crippen LogP contribution in [0.5, 0.6) is 0 Å². The highest BCUT2D eigenvalue weighted by atomic mass is 127. The van der Waals surface area contributed by atoms with Crippen molar-refractivity contribution in [1.29, 1.82) is 0 Å². The second-order valence-corrected chi connectivity index (χ2v) is 9.27. The summed E-state index contributed by atoms with van der Waals surface area (Å²) in [4.78, 5) is 5.01. The van der Waals surface area contributed by atoms with Gasteiger partial charge in [-0.15, -0.1) is 0 Å². The van der Waals surface area contributed by atoms with E-state index in [1.165, 1.54) is 26.2 Å². The van der Waals surface area contributed by atoms with Gasteiger partial charge in [-0.1, -0.05) is 24.3 Å². The molecule has 0 bridgehead atoms. The van der Waals surface area contributed by atoms with Gasteiger partial charge in [-0.3, -0.25) is 4.57 Å². The summed E-state index contributed by atoms with van der Waals surface area (Å²) in [7, 11) is 0. The Morgan fingerprint density at radius 2 is 1.65 bits per heavy atom. The fourth-order valence-electron chi connectivity index (χ4n) is 4.78. The number of anilines is 1. The molecule has 5 heteroatoms. The highest BCUT2D eigenvalue weighted by Gasteiger charge is 2.30. The second kappa shape index (κ2) is 6.99. The third-order valence-electron chi connectivity index (χ3n) is 6.16. The van der Waals surface area contributed by atoms with E-state index in [2.05, 4.69) is 130 Å². The summed E-state index contributed by atoms with van der Waals surface area (Å²) in [6.07, 6.45) is -0.0268. The minimum Gasteiger partial charge on any atom is -0.360 e. The number of aromatic nitrogens is 3. The molecule has 0 amide bonds. The fraction of sp³-hybridized carbons (Fsp3) is 0.115. The van der Waals surface area contributed by atoms with Crippen LogP contribution in [0.25, 0.3) is 28.1 Å². The zero-order valence-electron chi connectivity index (χ0n) is 17.3. The average molecular weight is 516 g/mol. The van der Waals surface area contributed by atoms with Crippen molar-refractivity contribution in [3.05, 3.63) is 99.4 Å². The Labute approximate surface area is 194 Å². The van der Waals surface area contributed by atoms with Crippen LogP contribution in [0.4, 0.5) is 5.69 Å². The van der Waals surface area contributed by atoms with Crippen LogP contribution in [0.1, 0.15) is 23.1 Å². The average Bonchev–Trinajstić information content (AvgIpc) is 3.32. The molecule has 1 aliphatic rings. The first-order valence-electron chi connectivity index (χ1n) is 10.4. The molecule has 6 rings (SSSR count). The van der Waals surface area contributed by atoms with Crippen LogP contribution in [0, 0.1) is 17.4 Å². The molecule has 31 heavy (non-hydrogen) atoms. The van der Waals surface area contributed by atoms with Crippen LogP contribution >= 0.6 is 22.6 Å². The molecule has 1 atom stereocenters. The van der Waals surface area contributed by atoms with E-state index in [0.717, 1.165) is 28.1 Å². The Balaban J connectivity index is 1.59. The Bertz CT molecular complexity index is 1440. The SMILES string of the molecule is Cc1cc(C2Nc3ccccc3-c3nc4ccccc4n32)c(C)n1-c1ccc(I)cc1. The normalized spacial score (nSPS) is 14.9. The van der Waals surface area contributed by atoms with Crippen molar-refractivity contribution >= 4 is 39.3 Å².